The Morgan fingerprint density at radius 3 is 2.51 bits per heavy atom. The fourth-order valence-corrected chi connectivity index (χ4v) is 6.10. The van der Waals surface area contributed by atoms with Crippen molar-refractivity contribution in [3.63, 3.8) is 0 Å². The van der Waals surface area contributed by atoms with E-state index in [4.69, 9.17) is 21.3 Å². The fraction of sp³-hybridized carbons (Fsp3) is 0.233. The summed E-state index contributed by atoms with van der Waals surface area (Å²) in [5.41, 5.74) is 3.37. The Morgan fingerprint density at radius 1 is 1.10 bits per heavy atom. The van der Waals surface area contributed by atoms with Crippen LogP contribution < -0.4 is 19.6 Å². The molecular weight excluding hydrogens is 532 g/mol. The Hall–Kier alpha value is -3.88. The number of halogens is 1. The number of para-hydroxylation sites is 1. The van der Waals surface area contributed by atoms with Crippen LogP contribution in [0.1, 0.15) is 38.1 Å². The van der Waals surface area contributed by atoms with E-state index in [1.807, 2.05) is 98.3 Å². The van der Waals surface area contributed by atoms with Gasteiger partial charge in [0.25, 0.3) is 11.5 Å². The predicted molar refractivity (Wildman–Crippen MR) is 155 cm³/mol. The standard InChI is InChI=1S/C30H29ClN4O3S/c1-5-33(6-2)29(37)26-19(3)32-30-35(27(26)23-11-7-8-12-24(23)38-4)28(36)25(39-30)18-22-10-9-17-34(22)21-15-13-20(31)14-16-21/h7-18,27H,5-6H2,1-4H3/b25-18+/t27-/m1/s1. The van der Waals surface area contributed by atoms with Gasteiger partial charge in [0.2, 0.25) is 0 Å². The number of amides is 1. The molecule has 4 aromatic rings. The molecular formula is C30H29ClN4O3S. The zero-order chi connectivity index (χ0) is 27.7. The Balaban J connectivity index is 1.72. The molecule has 0 bridgehead atoms. The summed E-state index contributed by atoms with van der Waals surface area (Å²) < 4.78 is 9.83. The van der Waals surface area contributed by atoms with E-state index in [1.165, 1.54) is 11.3 Å². The Labute approximate surface area is 235 Å². The monoisotopic (exact) mass is 560 g/mol. The molecule has 5 rings (SSSR count). The summed E-state index contributed by atoms with van der Waals surface area (Å²) in [5.74, 6) is 0.469. The maximum absolute atomic E-state index is 14.1. The van der Waals surface area contributed by atoms with Gasteiger partial charge in [-0.15, -0.1) is 0 Å². The molecule has 1 aliphatic heterocycles. The van der Waals surface area contributed by atoms with Crippen molar-refractivity contribution < 1.29 is 9.53 Å². The molecule has 9 heteroatoms. The van der Waals surface area contributed by atoms with E-state index in [2.05, 4.69) is 0 Å². The highest BCUT2D eigenvalue weighted by molar-refractivity contribution is 7.07. The van der Waals surface area contributed by atoms with Gasteiger partial charge >= 0.3 is 0 Å². The van der Waals surface area contributed by atoms with Gasteiger partial charge in [-0.3, -0.25) is 14.2 Å². The Bertz CT molecular complexity index is 1740. The maximum Gasteiger partial charge on any atom is 0.271 e. The van der Waals surface area contributed by atoms with Gasteiger partial charge in [0.15, 0.2) is 4.80 Å². The van der Waals surface area contributed by atoms with Crippen LogP contribution in [0.2, 0.25) is 5.02 Å². The van der Waals surface area contributed by atoms with Gasteiger partial charge in [-0.05, 0) is 69.3 Å². The van der Waals surface area contributed by atoms with Gasteiger partial charge in [-0.2, -0.15) is 0 Å². The van der Waals surface area contributed by atoms with Crippen LogP contribution in [0.3, 0.4) is 0 Å². The summed E-state index contributed by atoms with van der Waals surface area (Å²) in [6.45, 7) is 6.83. The quantitative estimate of drug-likeness (QED) is 0.333. The number of fused-ring (bicyclic) bond motifs is 1. The van der Waals surface area contributed by atoms with Gasteiger partial charge in [-0.1, -0.05) is 41.1 Å². The minimum absolute atomic E-state index is 0.136. The van der Waals surface area contributed by atoms with Crippen molar-refractivity contribution in [2.24, 2.45) is 4.99 Å². The van der Waals surface area contributed by atoms with Gasteiger partial charge in [-0.25, -0.2) is 4.99 Å². The Morgan fingerprint density at radius 2 is 1.82 bits per heavy atom. The first-order valence-corrected chi connectivity index (χ1v) is 13.9. The van der Waals surface area contributed by atoms with Gasteiger partial charge < -0.3 is 14.2 Å². The summed E-state index contributed by atoms with van der Waals surface area (Å²) in [6, 6.07) is 18.2. The number of likely N-dealkylation sites (N-methyl/N-ethyl adjacent to an activating group) is 1. The first kappa shape index (κ1) is 26.7. The summed E-state index contributed by atoms with van der Waals surface area (Å²) >= 11 is 7.39. The molecule has 0 saturated heterocycles. The lowest BCUT2D eigenvalue weighted by Crippen LogP contribution is -2.43. The highest BCUT2D eigenvalue weighted by Gasteiger charge is 2.35. The van der Waals surface area contributed by atoms with Gasteiger partial charge in [0, 0.05) is 41.3 Å². The minimum Gasteiger partial charge on any atom is -0.496 e. The molecule has 1 aliphatic rings. The van der Waals surface area contributed by atoms with E-state index >= 15 is 0 Å². The predicted octanol–water partition coefficient (Wildman–Crippen LogP) is 4.56. The first-order chi connectivity index (χ1) is 18.9. The fourth-order valence-electron chi connectivity index (χ4n) is 4.95. The van der Waals surface area contributed by atoms with Crippen LogP contribution in [0.15, 0.2) is 87.9 Å². The lowest BCUT2D eigenvalue weighted by molar-refractivity contribution is -0.127. The van der Waals surface area contributed by atoms with Crippen molar-refractivity contribution in [1.82, 2.24) is 14.0 Å². The van der Waals surface area contributed by atoms with Crippen LogP contribution in [0, 0.1) is 0 Å². The van der Waals surface area contributed by atoms with Crippen molar-refractivity contribution in [3.05, 3.63) is 114 Å². The number of methoxy groups -OCH3 is 1. The van der Waals surface area contributed by atoms with Crippen molar-refractivity contribution in [1.29, 1.82) is 0 Å². The van der Waals surface area contributed by atoms with E-state index in [1.54, 1.807) is 16.6 Å². The van der Waals surface area contributed by atoms with Crippen molar-refractivity contribution in [2.75, 3.05) is 20.2 Å². The highest BCUT2D eigenvalue weighted by Crippen LogP contribution is 2.36. The molecule has 2 aromatic heterocycles. The molecule has 1 amide bonds. The first-order valence-electron chi connectivity index (χ1n) is 12.8. The molecule has 0 fully saturated rings. The van der Waals surface area contributed by atoms with Crippen LogP contribution in [-0.2, 0) is 4.79 Å². The SMILES string of the molecule is CCN(CC)C(=O)C1=C(C)N=c2s/c(=C/c3cccn3-c3ccc(Cl)cc3)c(=O)n2[C@@H]1c1ccccc1OC. The van der Waals surface area contributed by atoms with E-state index in [0.29, 0.717) is 44.5 Å². The van der Waals surface area contributed by atoms with Crippen molar-refractivity contribution >= 4 is 34.9 Å². The number of carbonyl (C=O) groups excluding carboxylic acids is 1. The second kappa shape index (κ2) is 11.1. The minimum atomic E-state index is -0.671. The van der Waals surface area contributed by atoms with Crippen LogP contribution in [0.5, 0.6) is 5.75 Å². The maximum atomic E-state index is 14.1. The van der Waals surface area contributed by atoms with E-state index < -0.39 is 6.04 Å². The van der Waals surface area contributed by atoms with Crippen LogP contribution in [-0.4, -0.2) is 40.1 Å². The molecule has 39 heavy (non-hydrogen) atoms. The number of rotatable bonds is 7. The normalized spacial score (nSPS) is 15.2. The summed E-state index contributed by atoms with van der Waals surface area (Å²) in [5, 5.41) is 0.655. The molecule has 0 saturated carbocycles. The molecule has 0 spiro atoms. The van der Waals surface area contributed by atoms with Crippen LogP contribution >= 0.6 is 22.9 Å². The third-order valence-corrected chi connectivity index (χ3v) is 8.14. The molecule has 0 N–H and O–H groups in total. The second-order valence-corrected chi connectivity index (χ2v) is 10.5. The highest BCUT2D eigenvalue weighted by atomic mass is 35.5. The number of hydrogen-bond acceptors (Lipinski definition) is 5. The van der Waals surface area contributed by atoms with Crippen molar-refractivity contribution in [2.45, 2.75) is 26.8 Å². The number of benzene rings is 2. The average molecular weight is 561 g/mol. The van der Waals surface area contributed by atoms with Gasteiger partial charge in [0.05, 0.1) is 22.9 Å². The Kier molecular flexibility index (Phi) is 7.59. The molecule has 3 heterocycles. The summed E-state index contributed by atoms with van der Waals surface area (Å²) in [6.07, 6.45) is 3.80. The second-order valence-electron chi connectivity index (χ2n) is 9.08. The van der Waals surface area contributed by atoms with Crippen LogP contribution in [0.4, 0.5) is 0 Å². The molecule has 7 nitrogen and oxygen atoms in total. The molecule has 0 aliphatic carbocycles. The number of ether oxygens (including phenoxy) is 1. The number of thiazole rings is 1. The zero-order valence-electron chi connectivity index (χ0n) is 22.2. The largest absolute Gasteiger partial charge is 0.496 e. The topological polar surface area (TPSA) is 68.8 Å². The summed E-state index contributed by atoms with van der Waals surface area (Å²) in [7, 11) is 1.59. The van der Waals surface area contributed by atoms with Crippen LogP contribution in [0.25, 0.3) is 11.8 Å². The lowest BCUT2D eigenvalue weighted by Gasteiger charge is -2.29. The zero-order valence-corrected chi connectivity index (χ0v) is 23.8. The number of nitrogens with zero attached hydrogens (tertiary/aromatic N) is 4. The molecule has 1 atom stereocenters. The van der Waals surface area contributed by atoms with Gasteiger partial charge in [0.1, 0.15) is 11.8 Å². The number of aromatic nitrogens is 2. The molecule has 200 valence electrons. The number of hydrogen-bond donors (Lipinski definition) is 0. The third kappa shape index (κ3) is 4.86. The lowest BCUT2D eigenvalue weighted by atomic mass is 9.94. The third-order valence-electron chi connectivity index (χ3n) is 6.90. The molecule has 0 unspecified atom stereocenters. The summed E-state index contributed by atoms with van der Waals surface area (Å²) in [4.78, 5) is 34.9. The molecule has 2 aromatic carbocycles. The number of carbonyl (C=O) groups is 1. The van der Waals surface area contributed by atoms with E-state index in [9.17, 15) is 9.59 Å². The smallest absolute Gasteiger partial charge is 0.271 e. The van der Waals surface area contributed by atoms with E-state index in [-0.39, 0.29) is 11.5 Å². The van der Waals surface area contributed by atoms with Crippen molar-refractivity contribution in [3.8, 4) is 11.4 Å². The molecule has 0 radical (unpaired) electrons. The average Bonchev–Trinajstić information content (AvgIpc) is 3.53. The number of allylic oxidation sites excluding steroid dienone is 1. The van der Waals surface area contributed by atoms with E-state index in [0.717, 1.165) is 16.9 Å².